The molecule has 26 heavy (non-hydrogen) atoms. The molecule has 1 fully saturated rings. The third-order valence-corrected chi connectivity index (χ3v) is 5.52. The van der Waals surface area contributed by atoms with E-state index in [1.165, 1.54) is 12.1 Å². The zero-order chi connectivity index (χ0) is 18.3. The summed E-state index contributed by atoms with van der Waals surface area (Å²) in [5.74, 6) is 1.13. The van der Waals surface area contributed by atoms with Crippen molar-refractivity contribution in [1.29, 1.82) is 0 Å². The van der Waals surface area contributed by atoms with Crippen LogP contribution in [0.3, 0.4) is 0 Å². The molecule has 0 aliphatic carbocycles. The fraction of sp³-hybridized carbons (Fsp3) is 0.158. The summed E-state index contributed by atoms with van der Waals surface area (Å²) in [5.41, 5.74) is 1.69. The van der Waals surface area contributed by atoms with E-state index in [1.807, 2.05) is 42.3 Å². The van der Waals surface area contributed by atoms with Crippen molar-refractivity contribution in [3.63, 3.8) is 0 Å². The normalized spacial score (nSPS) is 19.7. The quantitative estimate of drug-likeness (QED) is 0.600. The number of benzene rings is 1. The zero-order valence-electron chi connectivity index (χ0n) is 13.8. The molecule has 3 heterocycles. The van der Waals surface area contributed by atoms with Crippen LogP contribution in [0.4, 0.5) is 4.39 Å². The average Bonchev–Trinajstić information content (AvgIpc) is 3.21. The van der Waals surface area contributed by atoms with Gasteiger partial charge in [-0.25, -0.2) is 4.39 Å². The zero-order valence-corrected chi connectivity index (χ0v) is 16.2. The van der Waals surface area contributed by atoms with Crippen LogP contribution in [0.1, 0.15) is 23.5 Å². The largest absolute Gasteiger partial charge is 0.459 e. The summed E-state index contributed by atoms with van der Waals surface area (Å²) in [6.07, 6.45) is 1.76. The minimum atomic E-state index is -0.298. The van der Waals surface area contributed by atoms with Crippen LogP contribution in [0.5, 0.6) is 0 Å². The smallest absolute Gasteiger partial charge is 0.170 e. The number of furan rings is 1. The standard InChI is InChI=1S/C19H15BrFN3OS/c1-24-18(17(23-19(24)26)14-4-2-3-9-22-14)16-8-7-15(25-16)12-6-5-11(21)10-13(12)20/h2-10,17-18H,1H3,(H,23,26)/t17-,18-/m0/s1. The van der Waals surface area contributed by atoms with Gasteiger partial charge in [0.05, 0.1) is 11.7 Å². The molecule has 0 bridgehead atoms. The van der Waals surface area contributed by atoms with Gasteiger partial charge in [-0.05, 0) is 70.6 Å². The lowest BCUT2D eigenvalue weighted by Crippen LogP contribution is -2.24. The number of aromatic nitrogens is 1. The molecule has 2 atom stereocenters. The summed E-state index contributed by atoms with van der Waals surface area (Å²) in [4.78, 5) is 6.42. The third kappa shape index (κ3) is 3.01. The molecular formula is C19H15BrFN3OS. The minimum Gasteiger partial charge on any atom is -0.459 e. The van der Waals surface area contributed by atoms with Crippen LogP contribution in [-0.2, 0) is 0 Å². The highest BCUT2D eigenvalue weighted by molar-refractivity contribution is 9.10. The SMILES string of the molecule is CN1C(=S)N[C@@H](c2ccccn2)[C@@H]1c1ccc(-c2ccc(F)cc2Br)o1. The van der Waals surface area contributed by atoms with Gasteiger partial charge in [-0.15, -0.1) is 0 Å². The Balaban J connectivity index is 1.72. The van der Waals surface area contributed by atoms with E-state index in [0.717, 1.165) is 17.0 Å². The summed E-state index contributed by atoms with van der Waals surface area (Å²) in [5, 5.41) is 3.96. The predicted molar refractivity (Wildman–Crippen MR) is 105 cm³/mol. The van der Waals surface area contributed by atoms with Crippen molar-refractivity contribution in [3.05, 3.63) is 76.5 Å². The number of pyridine rings is 1. The molecule has 1 aliphatic rings. The number of rotatable bonds is 3. The second-order valence-corrected chi connectivity index (χ2v) is 7.30. The van der Waals surface area contributed by atoms with Crippen LogP contribution in [0.2, 0.25) is 0 Å². The van der Waals surface area contributed by atoms with Gasteiger partial charge in [-0.3, -0.25) is 4.98 Å². The maximum absolute atomic E-state index is 13.4. The van der Waals surface area contributed by atoms with Crippen LogP contribution in [-0.4, -0.2) is 22.0 Å². The van der Waals surface area contributed by atoms with E-state index in [2.05, 4.69) is 26.2 Å². The second kappa shape index (κ2) is 6.81. The van der Waals surface area contributed by atoms with E-state index in [1.54, 1.807) is 12.3 Å². The molecule has 0 radical (unpaired) electrons. The van der Waals surface area contributed by atoms with Crippen molar-refractivity contribution in [2.45, 2.75) is 12.1 Å². The average molecular weight is 432 g/mol. The molecule has 4 nitrogen and oxygen atoms in total. The number of hydrogen-bond acceptors (Lipinski definition) is 3. The highest BCUT2D eigenvalue weighted by Crippen LogP contribution is 2.40. The number of thiocarbonyl (C=S) groups is 1. The summed E-state index contributed by atoms with van der Waals surface area (Å²) in [6.45, 7) is 0. The number of likely N-dealkylation sites (N-methyl/N-ethyl adjacent to an activating group) is 1. The highest BCUT2D eigenvalue weighted by atomic mass is 79.9. The van der Waals surface area contributed by atoms with Gasteiger partial charge in [0, 0.05) is 23.3 Å². The molecule has 3 aromatic rings. The molecule has 2 aromatic heterocycles. The topological polar surface area (TPSA) is 41.3 Å². The number of hydrogen-bond donors (Lipinski definition) is 1. The molecular weight excluding hydrogens is 417 g/mol. The van der Waals surface area contributed by atoms with Crippen LogP contribution in [0, 0.1) is 5.82 Å². The van der Waals surface area contributed by atoms with Crippen molar-refractivity contribution in [2.24, 2.45) is 0 Å². The van der Waals surface area contributed by atoms with E-state index < -0.39 is 0 Å². The molecule has 4 rings (SSSR count). The monoisotopic (exact) mass is 431 g/mol. The number of nitrogens with zero attached hydrogens (tertiary/aromatic N) is 2. The Morgan fingerprint density at radius 3 is 2.81 bits per heavy atom. The van der Waals surface area contributed by atoms with E-state index in [-0.39, 0.29) is 17.9 Å². The van der Waals surface area contributed by atoms with E-state index >= 15 is 0 Å². The first-order valence-electron chi connectivity index (χ1n) is 8.04. The van der Waals surface area contributed by atoms with Gasteiger partial charge < -0.3 is 14.6 Å². The summed E-state index contributed by atoms with van der Waals surface area (Å²) >= 11 is 8.82. The van der Waals surface area contributed by atoms with Crippen LogP contribution in [0.25, 0.3) is 11.3 Å². The fourth-order valence-electron chi connectivity index (χ4n) is 3.16. The summed E-state index contributed by atoms with van der Waals surface area (Å²) in [6, 6.07) is 13.9. The van der Waals surface area contributed by atoms with Crippen LogP contribution < -0.4 is 5.32 Å². The Labute approximate surface area is 164 Å². The molecule has 1 aliphatic heterocycles. The van der Waals surface area contributed by atoms with Gasteiger partial charge in [0.2, 0.25) is 0 Å². The Morgan fingerprint density at radius 2 is 2.08 bits per heavy atom. The maximum Gasteiger partial charge on any atom is 0.170 e. The molecule has 7 heteroatoms. The summed E-state index contributed by atoms with van der Waals surface area (Å²) in [7, 11) is 1.93. The second-order valence-electron chi connectivity index (χ2n) is 6.06. The van der Waals surface area contributed by atoms with Gasteiger partial charge >= 0.3 is 0 Å². The lowest BCUT2D eigenvalue weighted by molar-refractivity contribution is 0.310. The Bertz CT molecular complexity index is 962. The Kier molecular flexibility index (Phi) is 4.50. The number of halogens is 2. The molecule has 0 saturated carbocycles. The first-order valence-corrected chi connectivity index (χ1v) is 9.24. The Hall–Kier alpha value is -2.25. The fourth-order valence-corrected chi connectivity index (χ4v) is 3.95. The van der Waals surface area contributed by atoms with Crippen LogP contribution in [0.15, 0.2) is 63.6 Å². The third-order valence-electron chi connectivity index (χ3n) is 4.45. The predicted octanol–water partition coefficient (Wildman–Crippen LogP) is 4.85. The van der Waals surface area contributed by atoms with Gasteiger partial charge in [-0.2, -0.15) is 0 Å². The molecule has 0 spiro atoms. The molecule has 1 N–H and O–H groups in total. The van der Waals surface area contributed by atoms with Crippen molar-refractivity contribution in [1.82, 2.24) is 15.2 Å². The highest BCUT2D eigenvalue weighted by Gasteiger charge is 2.39. The summed E-state index contributed by atoms with van der Waals surface area (Å²) < 4.78 is 20.1. The van der Waals surface area contributed by atoms with Gasteiger partial charge in [0.25, 0.3) is 0 Å². The van der Waals surface area contributed by atoms with Crippen molar-refractivity contribution in [3.8, 4) is 11.3 Å². The maximum atomic E-state index is 13.4. The molecule has 1 saturated heterocycles. The van der Waals surface area contributed by atoms with E-state index in [4.69, 9.17) is 16.6 Å². The van der Waals surface area contributed by atoms with Crippen molar-refractivity contribution >= 4 is 33.3 Å². The van der Waals surface area contributed by atoms with E-state index in [0.29, 0.717) is 15.3 Å². The van der Waals surface area contributed by atoms with Gasteiger partial charge in [0.15, 0.2) is 5.11 Å². The molecule has 0 amide bonds. The van der Waals surface area contributed by atoms with E-state index in [9.17, 15) is 4.39 Å². The first-order chi connectivity index (χ1) is 12.5. The molecule has 0 unspecified atom stereocenters. The lowest BCUT2D eigenvalue weighted by atomic mass is 10.0. The van der Waals surface area contributed by atoms with Crippen LogP contribution >= 0.6 is 28.1 Å². The number of nitrogens with one attached hydrogen (secondary N) is 1. The lowest BCUT2D eigenvalue weighted by Gasteiger charge is -2.21. The van der Waals surface area contributed by atoms with Crippen molar-refractivity contribution in [2.75, 3.05) is 7.05 Å². The molecule has 1 aromatic carbocycles. The van der Waals surface area contributed by atoms with Crippen molar-refractivity contribution < 1.29 is 8.81 Å². The Morgan fingerprint density at radius 1 is 1.23 bits per heavy atom. The minimum absolute atomic E-state index is 0.107. The van der Waals surface area contributed by atoms with Gasteiger partial charge in [0.1, 0.15) is 23.4 Å². The molecule has 132 valence electrons. The first kappa shape index (κ1) is 17.2. The van der Waals surface area contributed by atoms with Gasteiger partial charge in [-0.1, -0.05) is 6.07 Å².